The average Bonchev–Trinajstić information content (AvgIpc) is 2.60. The number of fused-ring (bicyclic) bond motifs is 1. The summed E-state index contributed by atoms with van der Waals surface area (Å²) in [4.78, 5) is 4.28. The molecule has 2 rings (SSSR count). The topological polar surface area (TPSA) is 35.3 Å². The number of nitrogens with zero attached hydrogens (tertiary/aromatic N) is 1. The van der Waals surface area contributed by atoms with Gasteiger partial charge in [0.2, 0.25) is 0 Å². The molecule has 0 saturated heterocycles. The van der Waals surface area contributed by atoms with Crippen molar-refractivity contribution in [3.63, 3.8) is 0 Å². The molecule has 0 atom stereocenters. The minimum atomic E-state index is 0.364. The lowest BCUT2D eigenvalue weighted by Crippen LogP contribution is -1.90. The van der Waals surface area contributed by atoms with E-state index in [2.05, 4.69) is 18.0 Å². The van der Waals surface area contributed by atoms with Crippen LogP contribution in [-0.2, 0) is 6.42 Å². The van der Waals surface area contributed by atoms with Crippen LogP contribution in [0.3, 0.4) is 0 Å². The molecule has 1 heterocycles. The van der Waals surface area contributed by atoms with E-state index >= 15 is 0 Å². The van der Waals surface area contributed by atoms with E-state index in [0.29, 0.717) is 12.7 Å². The van der Waals surface area contributed by atoms with Crippen LogP contribution in [0.15, 0.2) is 22.6 Å². The highest BCUT2D eigenvalue weighted by atomic mass is 16.6. The van der Waals surface area contributed by atoms with E-state index < -0.39 is 0 Å². The van der Waals surface area contributed by atoms with Crippen LogP contribution >= 0.6 is 0 Å². The first-order valence-electron chi connectivity index (χ1n) is 4.86. The molecule has 0 fully saturated rings. The van der Waals surface area contributed by atoms with Crippen LogP contribution in [0, 0.1) is 0 Å². The lowest BCUT2D eigenvalue weighted by molar-refractivity contribution is 0.251. The average molecular weight is 191 g/mol. The van der Waals surface area contributed by atoms with Gasteiger partial charge in [0.05, 0.1) is 6.61 Å². The second-order valence-corrected chi connectivity index (χ2v) is 3.03. The normalized spacial score (nSPS) is 10.7. The van der Waals surface area contributed by atoms with Gasteiger partial charge in [-0.3, -0.25) is 0 Å². The van der Waals surface area contributed by atoms with Crippen LogP contribution in [0.1, 0.15) is 19.4 Å². The largest absolute Gasteiger partial charge is 0.450 e. The molecule has 14 heavy (non-hydrogen) atoms. The van der Waals surface area contributed by atoms with Gasteiger partial charge in [-0.1, -0.05) is 19.1 Å². The lowest BCUT2D eigenvalue weighted by atomic mass is 10.1. The number of aromatic nitrogens is 1. The molecule has 0 N–H and O–H groups in total. The van der Waals surface area contributed by atoms with Crippen molar-refractivity contribution < 1.29 is 9.15 Å². The molecule has 74 valence electrons. The number of hydrogen-bond donors (Lipinski definition) is 0. The Labute approximate surface area is 82.7 Å². The molecule has 0 aliphatic heterocycles. The highest BCUT2D eigenvalue weighted by Crippen LogP contribution is 2.23. The molecule has 0 spiro atoms. The van der Waals surface area contributed by atoms with E-state index in [1.807, 2.05) is 19.1 Å². The summed E-state index contributed by atoms with van der Waals surface area (Å²) >= 11 is 0. The van der Waals surface area contributed by atoms with Crippen LogP contribution < -0.4 is 4.74 Å². The summed E-state index contributed by atoms with van der Waals surface area (Å²) in [5.41, 5.74) is 2.91. The minimum Gasteiger partial charge on any atom is -0.450 e. The molecule has 3 nitrogen and oxygen atoms in total. The fourth-order valence-corrected chi connectivity index (χ4v) is 1.46. The van der Waals surface area contributed by atoms with Gasteiger partial charge in [-0.05, 0) is 25.0 Å². The van der Waals surface area contributed by atoms with Gasteiger partial charge in [0.25, 0.3) is 0 Å². The fourth-order valence-electron chi connectivity index (χ4n) is 1.46. The number of ether oxygens (including phenoxy) is 1. The Morgan fingerprint density at radius 3 is 2.93 bits per heavy atom. The Morgan fingerprint density at radius 2 is 2.21 bits per heavy atom. The van der Waals surface area contributed by atoms with Crippen molar-refractivity contribution in [3.8, 4) is 6.08 Å². The van der Waals surface area contributed by atoms with Crippen molar-refractivity contribution in [2.75, 3.05) is 6.61 Å². The maximum Gasteiger partial charge on any atom is 0.394 e. The van der Waals surface area contributed by atoms with Crippen molar-refractivity contribution >= 4 is 11.1 Å². The molecule has 1 aromatic heterocycles. The van der Waals surface area contributed by atoms with Crippen LogP contribution in [-0.4, -0.2) is 11.6 Å². The zero-order valence-corrected chi connectivity index (χ0v) is 8.41. The molecule has 3 heteroatoms. The Morgan fingerprint density at radius 1 is 1.36 bits per heavy atom. The van der Waals surface area contributed by atoms with E-state index in [1.165, 1.54) is 5.56 Å². The number of oxazole rings is 1. The third-order valence-corrected chi connectivity index (χ3v) is 2.13. The molecule has 0 radical (unpaired) electrons. The number of benzene rings is 1. The maximum absolute atomic E-state index is 5.42. The smallest absolute Gasteiger partial charge is 0.394 e. The summed E-state index contributed by atoms with van der Waals surface area (Å²) in [7, 11) is 0. The first kappa shape index (κ1) is 9.06. The quantitative estimate of drug-likeness (QED) is 0.748. The maximum atomic E-state index is 5.42. The lowest BCUT2D eigenvalue weighted by Gasteiger charge is -1.93. The van der Waals surface area contributed by atoms with E-state index in [9.17, 15) is 0 Å². The predicted octanol–water partition coefficient (Wildman–Crippen LogP) is 2.79. The standard InChI is InChI=1S/C11H13NO2/c1-3-8-6-5-7-9-10(8)12-11(14-9)13-4-2/h5-7H,3-4H2,1-2H3. The van der Waals surface area contributed by atoms with Crippen molar-refractivity contribution in [2.24, 2.45) is 0 Å². The van der Waals surface area contributed by atoms with E-state index in [0.717, 1.165) is 17.5 Å². The van der Waals surface area contributed by atoms with E-state index in [4.69, 9.17) is 9.15 Å². The Balaban J connectivity index is 2.52. The molecular formula is C11H13NO2. The van der Waals surface area contributed by atoms with Gasteiger partial charge >= 0.3 is 6.08 Å². The van der Waals surface area contributed by atoms with Gasteiger partial charge in [0, 0.05) is 0 Å². The molecular weight excluding hydrogens is 178 g/mol. The summed E-state index contributed by atoms with van der Waals surface area (Å²) in [6.07, 6.45) is 1.32. The van der Waals surface area contributed by atoms with Gasteiger partial charge in [-0.25, -0.2) is 0 Å². The fraction of sp³-hybridized carbons (Fsp3) is 0.364. The summed E-state index contributed by atoms with van der Waals surface area (Å²) in [5, 5.41) is 0. The molecule has 0 aliphatic carbocycles. The Bertz CT molecular complexity index is 434. The second-order valence-electron chi connectivity index (χ2n) is 3.03. The first-order chi connectivity index (χ1) is 6.85. The van der Waals surface area contributed by atoms with Gasteiger partial charge in [-0.2, -0.15) is 4.98 Å². The van der Waals surface area contributed by atoms with Gasteiger partial charge in [0.15, 0.2) is 5.58 Å². The Hall–Kier alpha value is -1.51. The van der Waals surface area contributed by atoms with E-state index in [-0.39, 0.29) is 0 Å². The molecule has 1 aromatic carbocycles. The van der Waals surface area contributed by atoms with Gasteiger partial charge in [0.1, 0.15) is 5.52 Å². The van der Waals surface area contributed by atoms with Crippen LogP contribution in [0.2, 0.25) is 0 Å². The predicted molar refractivity (Wildman–Crippen MR) is 54.6 cm³/mol. The number of hydrogen-bond acceptors (Lipinski definition) is 3. The molecule has 2 aromatic rings. The van der Waals surface area contributed by atoms with Gasteiger partial charge in [-0.15, -0.1) is 0 Å². The number of para-hydroxylation sites is 1. The summed E-state index contributed by atoms with van der Waals surface area (Å²) in [6.45, 7) is 4.59. The monoisotopic (exact) mass is 191 g/mol. The molecule has 0 amide bonds. The highest BCUT2D eigenvalue weighted by molar-refractivity contribution is 5.76. The number of aryl methyl sites for hydroxylation is 1. The van der Waals surface area contributed by atoms with Crippen molar-refractivity contribution in [2.45, 2.75) is 20.3 Å². The molecule has 0 aliphatic rings. The third-order valence-electron chi connectivity index (χ3n) is 2.13. The van der Waals surface area contributed by atoms with Crippen LogP contribution in [0.25, 0.3) is 11.1 Å². The number of rotatable bonds is 3. The molecule has 0 saturated carbocycles. The zero-order chi connectivity index (χ0) is 9.97. The minimum absolute atomic E-state index is 0.364. The summed E-state index contributed by atoms with van der Waals surface area (Å²) < 4.78 is 10.6. The Kier molecular flexibility index (Phi) is 2.39. The van der Waals surface area contributed by atoms with E-state index in [1.54, 1.807) is 0 Å². The van der Waals surface area contributed by atoms with Crippen molar-refractivity contribution in [1.82, 2.24) is 4.98 Å². The van der Waals surface area contributed by atoms with Crippen LogP contribution in [0.4, 0.5) is 0 Å². The molecule has 0 unspecified atom stereocenters. The summed E-state index contributed by atoms with van der Waals surface area (Å²) in [6, 6.07) is 5.94. The zero-order valence-electron chi connectivity index (χ0n) is 8.41. The van der Waals surface area contributed by atoms with Crippen molar-refractivity contribution in [1.29, 1.82) is 0 Å². The first-order valence-corrected chi connectivity index (χ1v) is 4.86. The van der Waals surface area contributed by atoms with Gasteiger partial charge < -0.3 is 9.15 Å². The highest BCUT2D eigenvalue weighted by Gasteiger charge is 2.08. The molecule has 0 bridgehead atoms. The SMILES string of the molecule is CCOc1nc2c(CC)cccc2o1. The summed E-state index contributed by atoms with van der Waals surface area (Å²) in [5.74, 6) is 0. The van der Waals surface area contributed by atoms with Crippen molar-refractivity contribution in [3.05, 3.63) is 23.8 Å². The third kappa shape index (κ3) is 1.45. The second kappa shape index (κ2) is 3.70. The van der Waals surface area contributed by atoms with Crippen LogP contribution in [0.5, 0.6) is 6.08 Å².